The molecule has 0 aliphatic heterocycles. The lowest BCUT2D eigenvalue weighted by Gasteiger charge is -2.20. The van der Waals surface area contributed by atoms with Gasteiger partial charge < -0.3 is 14.6 Å². The third kappa shape index (κ3) is 5.00. The van der Waals surface area contributed by atoms with E-state index >= 15 is 0 Å². The number of carbonyl (C=O) groups is 1. The Morgan fingerprint density at radius 1 is 1.03 bits per heavy atom. The standard InChI is InChI=1S/C27H34N2O5/c1-6-10-23-24(26(33-4)34-5)29(18(3)7-2)27(32)28(23)17-19-13-15-20(16-14-19)21-11-8-9-12-22(21)25(30)31/h8-9,11-16,18,26H,6-7,10,17H2,1-5H3,(H,30,31). The van der Waals surface area contributed by atoms with Crippen molar-refractivity contribution in [1.82, 2.24) is 9.13 Å². The summed E-state index contributed by atoms with van der Waals surface area (Å²) in [5.74, 6) is -0.958. The molecule has 0 saturated carbocycles. The highest BCUT2D eigenvalue weighted by Gasteiger charge is 2.28. The molecule has 0 aliphatic rings. The molecule has 0 aliphatic carbocycles. The summed E-state index contributed by atoms with van der Waals surface area (Å²) in [4.78, 5) is 25.2. The zero-order valence-corrected chi connectivity index (χ0v) is 20.6. The summed E-state index contributed by atoms with van der Waals surface area (Å²) >= 11 is 0. The Balaban J connectivity index is 2.06. The number of hydrogen-bond acceptors (Lipinski definition) is 4. The van der Waals surface area contributed by atoms with Gasteiger partial charge in [0, 0.05) is 26.0 Å². The molecule has 1 atom stereocenters. The molecular formula is C27H34N2O5. The number of imidazole rings is 1. The van der Waals surface area contributed by atoms with E-state index in [2.05, 4.69) is 13.8 Å². The van der Waals surface area contributed by atoms with Gasteiger partial charge >= 0.3 is 11.7 Å². The van der Waals surface area contributed by atoms with Crippen molar-refractivity contribution in [3.05, 3.63) is 81.5 Å². The molecule has 1 aromatic heterocycles. The van der Waals surface area contributed by atoms with Gasteiger partial charge in [0.2, 0.25) is 0 Å². The molecule has 0 radical (unpaired) electrons. The number of methoxy groups -OCH3 is 2. The molecule has 1 N–H and O–H groups in total. The summed E-state index contributed by atoms with van der Waals surface area (Å²) < 4.78 is 14.8. The first kappa shape index (κ1) is 25.5. The van der Waals surface area contributed by atoms with Crippen LogP contribution < -0.4 is 5.69 Å². The highest BCUT2D eigenvalue weighted by Crippen LogP contribution is 2.28. The number of carboxylic acid groups (broad SMARTS) is 1. The zero-order chi connectivity index (χ0) is 24.8. The van der Waals surface area contributed by atoms with E-state index in [1.54, 1.807) is 37.0 Å². The Bertz CT molecular complexity index is 1170. The van der Waals surface area contributed by atoms with Crippen LogP contribution in [0.5, 0.6) is 0 Å². The fraction of sp³-hybridized carbons (Fsp3) is 0.407. The van der Waals surface area contributed by atoms with Crippen molar-refractivity contribution in [2.45, 2.75) is 58.9 Å². The number of aromatic carboxylic acids is 1. The molecule has 1 unspecified atom stereocenters. The molecule has 0 fully saturated rings. The van der Waals surface area contributed by atoms with E-state index in [-0.39, 0.29) is 17.3 Å². The van der Waals surface area contributed by atoms with E-state index in [1.165, 1.54) is 0 Å². The molecule has 2 aromatic carbocycles. The third-order valence-corrected chi connectivity index (χ3v) is 6.25. The van der Waals surface area contributed by atoms with Crippen LogP contribution >= 0.6 is 0 Å². The van der Waals surface area contributed by atoms with Crippen molar-refractivity contribution in [3.8, 4) is 11.1 Å². The van der Waals surface area contributed by atoms with Crippen LogP contribution in [-0.2, 0) is 22.4 Å². The third-order valence-electron chi connectivity index (χ3n) is 6.25. The molecule has 7 heteroatoms. The molecule has 182 valence electrons. The molecule has 3 rings (SSSR count). The smallest absolute Gasteiger partial charge is 0.336 e. The van der Waals surface area contributed by atoms with Crippen LogP contribution in [0.4, 0.5) is 0 Å². The SMILES string of the molecule is CCCc1c(C(OC)OC)n(C(C)CC)c(=O)n1Cc1ccc(-c2ccccc2C(=O)O)cc1. The van der Waals surface area contributed by atoms with Gasteiger partial charge in [-0.15, -0.1) is 0 Å². The highest BCUT2D eigenvalue weighted by atomic mass is 16.7. The number of carboxylic acids is 1. The molecule has 0 bridgehead atoms. The largest absolute Gasteiger partial charge is 0.478 e. The van der Waals surface area contributed by atoms with Crippen molar-refractivity contribution in [1.29, 1.82) is 0 Å². The lowest BCUT2D eigenvalue weighted by molar-refractivity contribution is -0.111. The number of rotatable bonds is 11. The van der Waals surface area contributed by atoms with E-state index in [1.807, 2.05) is 41.8 Å². The lowest BCUT2D eigenvalue weighted by atomic mass is 9.99. The first-order valence-electron chi connectivity index (χ1n) is 11.7. The zero-order valence-electron chi connectivity index (χ0n) is 20.6. The summed E-state index contributed by atoms with van der Waals surface area (Å²) in [5, 5.41) is 9.51. The first-order chi connectivity index (χ1) is 16.4. The van der Waals surface area contributed by atoms with Gasteiger partial charge in [0.05, 0.1) is 17.8 Å². The summed E-state index contributed by atoms with van der Waals surface area (Å²) in [6, 6.07) is 14.6. The van der Waals surface area contributed by atoms with Gasteiger partial charge in [-0.1, -0.05) is 62.7 Å². The summed E-state index contributed by atoms with van der Waals surface area (Å²) in [6.45, 7) is 6.58. The Kier molecular flexibility index (Phi) is 8.47. The quantitative estimate of drug-likeness (QED) is 0.389. The molecule has 0 amide bonds. The Morgan fingerprint density at radius 3 is 2.24 bits per heavy atom. The maximum absolute atomic E-state index is 13.6. The predicted octanol–water partition coefficient (Wildman–Crippen LogP) is 5.28. The van der Waals surface area contributed by atoms with Crippen LogP contribution in [0.1, 0.15) is 73.3 Å². The van der Waals surface area contributed by atoms with Crippen LogP contribution in [0.25, 0.3) is 11.1 Å². The monoisotopic (exact) mass is 466 g/mol. The van der Waals surface area contributed by atoms with E-state index in [4.69, 9.17) is 9.47 Å². The molecular weight excluding hydrogens is 432 g/mol. The number of hydrogen-bond donors (Lipinski definition) is 1. The van der Waals surface area contributed by atoms with Crippen LogP contribution in [-0.4, -0.2) is 34.4 Å². The van der Waals surface area contributed by atoms with Gasteiger partial charge in [-0.25, -0.2) is 9.59 Å². The predicted molar refractivity (Wildman–Crippen MR) is 132 cm³/mol. The lowest BCUT2D eigenvalue weighted by Crippen LogP contribution is -2.28. The Labute approximate surface area is 200 Å². The van der Waals surface area contributed by atoms with Gasteiger partial charge in [0.1, 0.15) is 0 Å². The number of benzene rings is 2. The van der Waals surface area contributed by atoms with Crippen LogP contribution in [0.15, 0.2) is 53.3 Å². The fourth-order valence-electron chi connectivity index (χ4n) is 4.36. The van der Waals surface area contributed by atoms with Crippen LogP contribution in [0.3, 0.4) is 0 Å². The molecule has 1 heterocycles. The second-order valence-electron chi connectivity index (χ2n) is 8.43. The summed E-state index contributed by atoms with van der Waals surface area (Å²) in [6.07, 6.45) is 1.78. The van der Waals surface area contributed by atoms with Gasteiger partial charge in [-0.3, -0.25) is 9.13 Å². The molecule has 0 saturated heterocycles. The van der Waals surface area contributed by atoms with Crippen molar-refractivity contribution in [2.24, 2.45) is 0 Å². The van der Waals surface area contributed by atoms with Gasteiger partial charge in [-0.05, 0) is 42.5 Å². The van der Waals surface area contributed by atoms with Crippen molar-refractivity contribution in [2.75, 3.05) is 14.2 Å². The molecule has 7 nitrogen and oxygen atoms in total. The molecule has 3 aromatic rings. The van der Waals surface area contributed by atoms with E-state index in [0.29, 0.717) is 12.1 Å². The average molecular weight is 467 g/mol. The van der Waals surface area contributed by atoms with Crippen molar-refractivity contribution < 1.29 is 19.4 Å². The number of nitrogens with zero attached hydrogens (tertiary/aromatic N) is 2. The average Bonchev–Trinajstić information content (AvgIpc) is 3.11. The van der Waals surface area contributed by atoms with E-state index in [9.17, 15) is 14.7 Å². The van der Waals surface area contributed by atoms with E-state index in [0.717, 1.165) is 41.8 Å². The Hall–Kier alpha value is -3.16. The summed E-state index contributed by atoms with van der Waals surface area (Å²) in [5.41, 5.74) is 4.32. The second-order valence-corrected chi connectivity index (χ2v) is 8.43. The minimum Gasteiger partial charge on any atom is -0.478 e. The Morgan fingerprint density at radius 2 is 1.68 bits per heavy atom. The first-order valence-corrected chi connectivity index (χ1v) is 11.7. The van der Waals surface area contributed by atoms with Crippen LogP contribution in [0, 0.1) is 0 Å². The summed E-state index contributed by atoms with van der Waals surface area (Å²) in [7, 11) is 3.17. The maximum Gasteiger partial charge on any atom is 0.336 e. The van der Waals surface area contributed by atoms with E-state index < -0.39 is 12.3 Å². The number of aromatic nitrogens is 2. The van der Waals surface area contributed by atoms with Gasteiger partial charge in [-0.2, -0.15) is 0 Å². The number of ether oxygens (including phenoxy) is 2. The highest BCUT2D eigenvalue weighted by molar-refractivity contribution is 5.95. The maximum atomic E-state index is 13.6. The van der Waals surface area contributed by atoms with Gasteiger partial charge in [0.15, 0.2) is 6.29 Å². The van der Waals surface area contributed by atoms with Crippen molar-refractivity contribution >= 4 is 5.97 Å². The minimum atomic E-state index is -0.958. The molecule has 0 spiro atoms. The topological polar surface area (TPSA) is 82.7 Å². The second kappa shape index (κ2) is 11.3. The van der Waals surface area contributed by atoms with Gasteiger partial charge in [0.25, 0.3) is 0 Å². The fourth-order valence-corrected chi connectivity index (χ4v) is 4.36. The normalized spacial score (nSPS) is 12.3. The minimum absolute atomic E-state index is 0.00190. The van der Waals surface area contributed by atoms with Crippen molar-refractivity contribution in [3.63, 3.8) is 0 Å². The van der Waals surface area contributed by atoms with Crippen LogP contribution in [0.2, 0.25) is 0 Å². The molecule has 34 heavy (non-hydrogen) atoms.